The highest BCUT2D eigenvalue weighted by atomic mass is 16.3. The summed E-state index contributed by atoms with van der Waals surface area (Å²) < 4.78 is 5.06. The lowest BCUT2D eigenvalue weighted by Crippen LogP contribution is -2.57. The maximum atomic E-state index is 11.4. The van der Waals surface area contributed by atoms with Crippen LogP contribution in [0.4, 0.5) is 0 Å². The van der Waals surface area contributed by atoms with E-state index in [-0.39, 0.29) is 18.0 Å². The zero-order chi connectivity index (χ0) is 11.5. The average Bonchev–Trinajstić information content (AvgIpc) is 2.81. The van der Waals surface area contributed by atoms with E-state index in [2.05, 4.69) is 17.1 Å². The van der Waals surface area contributed by atoms with E-state index in [0.29, 0.717) is 6.54 Å². The number of primary amides is 1. The lowest BCUT2D eigenvalue weighted by molar-refractivity contribution is -0.124. The van der Waals surface area contributed by atoms with Crippen molar-refractivity contribution in [1.82, 2.24) is 10.2 Å². The van der Waals surface area contributed by atoms with E-state index in [0.717, 1.165) is 18.7 Å². The molecular weight excluding hydrogens is 206 g/mol. The van der Waals surface area contributed by atoms with Crippen LogP contribution in [-0.2, 0) is 4.79 Å². The van der Waals surface area contributed by atoms with Gasteiger partial charge in [-0.3, -0.25) is 9.69 Å². The van der Waals surface area contributed by atoms with Crippen LogP contribution >= 0.6 is 0 Å². The molecular formula is C11H17N3O2. The third-order valence-electron chi connectivity index (χ3n) is 3.14. The van der Waals surface area contributed by atoms with E-state index in [1.165, 1.54) is 0 Å². The number of carbonyl (C=O) groups excluding carboxylic acids is 1. The van der Waals surface area contributed by atoms with Gasteiger partial charge in [0.05, 0.1) is 12.5 Å². The Morgan fingerprint density at radius 2 is 2.56 bits per heavy atom. The molecule has 0 aliphatic carbocycles. The summed E-state index contributed by atoms with van der Waals surface area (Å²) in [4.78, 5) is 13.5. The van der Waals surface area contributed by atoms with Crippen molar-refractivity contribution >= 4 is 5.91 Å². The Bertz CT molecular complexity index is 350. The van der Waals surface area contributed by atoms with Crippen LogP contribution < -0.4 is 11.1 Å². The van der Waals surface area contributed by atoms with Crippen LogP contribution in [-0.4, -0.2) is 36.5 Å². The van der Waals surface area contributed by atoms with E-state index in [9.17, 15) is 4.79 Å². The van der Waals surface area contributed by atoms with Crippen molar-refractivity contribution in [2.45, 2.75) is 19.0 Å². The van der Waals surface area contributed by atoms with Crippen LogP contribution in [0.5, 0.6) is 0 Å². The molecule has 0 aromatic carbocycles. The van der Waals surface area contributed by atoms with Gasteiger partial charge < -0.3 is 15.5 Å². The lowest BCUT2D eigenvalue weighted by Gasteiger charge is -2.38. The average molecular weight is 223 g/mol. The Morgan fingerprint density at radius 1 is 1.75 bits per heavy atom. The summed E-state index contributed by atoms with van der Waals surface area (Å²) in [5.41, 5.74) is 6.48. The van der Waals surface area contributed by atoms with Crippen LogP contribution in [0.2, 0.25) is 0 Å². The van der Waals surface area contributed by atoms with Gasteiger partial charge in [-0.05, 0) is 13.0 Å². The van der Waals surface area contributed by atoms with Crippen molar-refractivity contribution in [3.8, 4) is 0 Å². The number of hydrogen-bond donors (Lipinski definition) is 2. The normalized spacial score (nSPS) is 24.2. The maximum absolute atomic E-state index is 11.4. The monoisotopic (exact) mass is 223 g/mol. The predicted octanol–water partition coefficient (Wildman–Crippen LogP) is 0.0997. The number of carbonyl (C=O) groups is 1. The van der Waals surface area contributed by atoms with Gasteiger partial charge in [0.15, 0.2) is 0 Å². The SMILES string of the molecule is CC(c1ccoc1)N1CCNCC1C(N)=O. The van der Waals surface area contributed by atoms with Crippen molar-refractivity contribution in [2.75, 3.05) is 19.6 Å². The highest BCUT2D eigenvalue weighted by Gasteiger charge is 2.31. The molecule has 3 N–H and O–H groups in total. The van der Waals surface area contributed by atoms with Crippen LogP contribution in [0.3, 0.4) is 0 Å². The number of nitrogens with one attached hydrogen (secondary N) is 1. The minimum atomic E-state index is -0.275. The molecule has 1 aromatic rings. The molecule has 0 radical (unpaired) electrons. The molecule has 2 unspecified atom stereocenters. The second-order valence-corrected chi connectivity index (χ2v) is 4.09. The zero-order valence-corrected chi connectivity index (χ0v) is 9.35. The Balaban J connectivity index is 2.14. The van der Waals surface area contributed by atoms with Gasteiger partial charge in [0.2, 0.25) is 5.91 Å². The van der Waals surface area contributed by atoms with Crippen LogP contribution in [0, 0.1) is 0 Å². The van der Waals surface area contributed by atoms with Gasteiger partial charge in [-0.2, -0.15) is 0 Å². The molecule has 16 heavy (non-hydrogen) atoms. The summed E-state index contributed by atoms with van der Waals surface area (Å²) in [6, 6.07) is 1.84. The smallest absolute Gasteiger partial charge is 0.236 e. The number of piperazine rings is 1. The molecule has 0 spiro atoms. The molecule has 88 valence electrons. The molecule has 1 aliphatic heterocycles. The molecule has 1 aromatic heterocycles. The highest BCUT2D eigenvalue weighted by molar-refractivity contribution is 5.80. The van der Waals surface area contributed by atoms with Gasteiger partial charge in [0.25, 0.3) is 0 Å². The number of furan rings is 1. The molecule has 2 rings (SSSR count). The standard InChI is InChI=1S/C11H17N3O2/c1-8(9-2-5-16-7-9)14-4-3-13-6-10(14)11(12)15/h2,5,7-8,10,13H,3-4,6H2,1H3,(H2,12,15). The summed E-state index contributed by atoms with van der Waals surface area (Å²) >= 11 is 0. The van der Waals surface area contributed by atoms with E-state index >= 15 is 0 Å². The largest absolute Gasteiger partial charge is 0.472 e. The van der Waals surface area contributed by atoms with Crippen LogP contribution in [0.25, 0.3) is 0 Å². The second kappa shape index (κ2) is 4.67. The summed E-state index contributed by atoms with van der Waals surface area (Å²) in [5, 5.41) is 3.18. The van der Waals surface area contributed by atoms with E-state index in [4.69, 9.17) is 10.2 Å². The molecule has 0 bridgehead atoms. The molecule has 0 saturated carbocycles. The summed E-state index contributed by atoms with van der Waals surface area (Å²) in [6.07, 6.45) is 3.36. The van der Waals surface area contributed by atoms with E-state index in [1.807, 2.05) is 6.07 Å². The van der Waals surface area contributed by atoms with Gasteiger partial charge >= 0.3 is 0 Å². The molecule has 5 heteroatoms. The zero-order valence-electron chi connectivity index (χ0n) is 9.35. The molecule has 1 saturated heterocycles. The molecule has 2 atom stereocenters. The fourth-order valence-corrected chi connectivity index (χ4v) is 2.15. The molecule has 1 amide bonds. The Kier molecular flexibility index (Phi) is 3.26. The first-order valence-corrected chi connectivity index (χ1v) is 5.48. The van der Waals surface area contributed by atoms with Gasteiger partial charge in [0.1, 0.15) is 6.04 Å². The Hall–Kier alpha value is -1.33. The van der Waals surface area contributed by atoms with Gasteiger partial charge in [-0.1, -0.05) is 0 Å². The van der Waals surface area contributed by atoms with Gasteiger partial charge in [0, 0.05) is 31.2 Å². The first-order valence-electron chi connectivity index (χ1n) is 5.48. The van der Waals surface area contributed by atoms with Gasteiger partial charge in [-0.25, -0.2) is 0 Å². The minimum Gasteiger partial charge on any atom is -0.472 e. The van der Waals surface area contributed by atoms with Crippen molar-refractivity contribution in [2.24, 2.45) is 5.73 Å². The summed E-state index contributed by atoms with van der Waals surface area (Å²) in [6.45, 7) is 4.38. The lowest BCUT2D eigenvalue weighted by atomic mass is 10.1. The molecule has 5 nitrogen and oxygen atoms in total. The van der Waals surface area contributed by atoms with Gasteiger partial charge in [-0.15, -0.1) is 0 Å². The Labute approximate surface area is 94.6 Å². The Morgan fingerprint density at radius 3 is 3.19 bits per heavy atom. The quantitative estimate of drug-likeness (QED) is 0.762. The van der Waals surface area contributed by atoms with Crippen molar-refractivity contribution < 1.29 is 9.21 Å². The minimum absolute atomic E-state index is 0.151. The first-order chi connectivity index (χ1) is 7.70. The summed E-state index contributed by atoms with van der Waals surface area (Å²) in [7, 11) is 0. The second-order valence-electron chi connectivity index (χ2n) is 4.09. The van der Waals surface area contributed by atoms with Crippen molar-refractivity contribution in [1.29, 1.82) is 0 Å². The van der Waals surface area contributed by atoms with E-state index in [1.54, 1.807) is 12.5 Å². The fourth-order valence-electron chi connectivity index (χ4n) is 2.15. The molecule has 2 heterocycles. The molecule has 1 fully saturated rings. The topological polar surface area (TPSA) is 71.5 Å². The number of amides is 1. The third-order valence-corrected chi connectivity index (χ3v) is 3.14. The molecule has 1 aliphatic rings. The van der Waals surface area contributed by atoms with Crippen molar-refractivity contribution in [3.63, 3.8) is 0 Å². The predicted molar refractivity (Wildman–Crippen MR) is 59.7 cm³/mol. The van der Waals surface area contributed by atoms with E-state index < -0.39 is 0 Å². The van der Waals surface area contributed by atoms with Crippen LogP contribution in [0.1, 0.15) is 18.5 Å². The number of hydrogen-bond acceptors (Lipinski definition) is 4. The number of rotatable bonds is 3. The van der Waals surface area contributed by atoms with Crippen LogP contribution in [0.15, 0.2) is 23.0 Å². The first kappa shape index (κ1) is 11.2. The number of nitrogens with zero attached hydrogens (tertiary/aromatic N) is 1. The summed E-state index contributed by atoms with van der Waals surface area (Å²) in [5.74, 6) is -0.275. The third kappa shape index (κ3) is 2.10. The number of nitrogens with two attached hydrogens (primary N) is 1. The van der Waals surface area contributed by atoms with Crippen molar-refractivity contribution in [3.05, 3.63) is 24.2 Å². The fraction of sp³-hybridized carbons (Fsp3) is 0.545. The maximum Gasteiger partial charge on any atom is 0.236 e. The highest BCUT2D eigenvalue weighted by Crippen LogP contribution is 2.23.